The van der Waals surface area contributed by atoms with Gasteiger partial charge in [-0.15, -0.1) is 0 Å². The summed E-state index contributed by atoms with van der Waals surface area (Å²) in [4.78, 5) is 2.25. The first-order chi connectivity index (χ1) is 9.94. The molecule has 118 valence electrons. The van der Waals surface area contributed by atoms with Crippen molar-refractivity contribution < 1.29 is 4.39 Å². The fourth-order valence-electron chi connectivity index (χ4n) is 3.33. The van der Waals surface area contributed by atoms with E-state index in [0.717, 1.165) is 24.9 Å². The van der Waals surface area contributed by atoms with Crippen LogP contribution >= 0.6 is 0 Å². The zero-order valence-electron chi connectivity index (χ0n) is 13.8. The minimum absolute atomic E-state index is 0.116. The Morgan fingerprint density at radius 2 is 2.00 bits per heavy atom. The average molecular weight is 292 g/mol. The molecule has 1 aromatic carbocycles. The van der Waals surface area contributed by atoms with Crippen LogP contribution < -0.4 is 5.32 Å². The first-order valence-corrected chi connectivity index (χ1v) is 8.10. The molecule has 1 atom stereocenters. The van der Waals surface area contributed by atoms with Crippen LogP contribution in [-0.2, 0) is 0 Å². The third kappa shape index (κ3) is 5.08. The number of hydrogen-bond donors (Lipinski definition) is 1. The van der Waals surface area contributed by atoms with Crippen LogP contribution in [0.3, 0.4) is 0 Å². The van der Waals surface area contributed by atoms with Gasteiger partial charge in [-0.3, -0.25) is 0 Å². The maximum Gasteiger partial charge on any atom is 0.123 e. The summed E-state index contributed by atoms with van der Waals surface area (Å²) < 4.78 is 13.3. The fraction of sp³-hybridized carbons (Fsp3) is 0.667. The molecule has 3 heteroatoms. The van der Waals surface area contributed by atoms with Crippen molar-refractivity contribution in [1.29, 1.82) is 0 Å². The SMILES string of the molecule is CC(C)CC(CN(C)C)NC1CC(c2cccc(F)c2)C1. The van der Waals surface area contributed by atoms with E-state index in [0.29, 0.717) is 23.9 Å². The van der Waals surface area contributed by atoms with E-state index in [2.05, 4.69) is 44.2 Å². The zero-order chi connectivity index (χ0) is 15.4. The molecule has 1 aliphatic rings. The predicted molar refractivity (Wildman–Crippen MR) is 87.1 cm³/mol. The third-order valence-electron chi connectivity index (χ3n) is 4.27. The molecule has 0 saturated heterocycles. The van der Waals surface area contributed by atoms with Crippen molar-refractivity contribution in [2.24, 2.45) is 5.92 Å². The van der Waals surface area contributed by atoms with Crippen molar-refractivity contribution in [3.63, 3.8) is 0 Å². The Morgan fingerprint density at radius 1 is 1.29 bits per heavy atom. The van der Waals surface area contributed by atoms with Crippen LogP contribution in [0.4, 0.5) is 4.39 Å². The maximum atomic E-state index is 13.3. The zero-order valence-corrected chi connectivity index (χ0v) is 13.8. The molecule has 0 bridgehead atoms. The van der Waals surface area contributed by atoms with E-state index in [9.17, 15) is 4.39 Å². The molecule has 1 N–H and O–H groups in total. The minimum Gasteiger partial charge on any atom is -0.310 e. The van der Waals surface area contributed by atoms with Crippen molar-refractivity contribution in [3.05, 3.63) is 35.6 Å². The smallest absolute Gasteiger partial charge is 0.123 e. The number of hydrogen-bond acceptors (Lipinski definition) is 2. The molecular formula is C18H29FN2. The fourth-order valence-corrected chi connectivity index (χ4v) is 3.33. The second kappa shape index (κ2) is 7.37. The molecule has 2 nitrogen and oxygen atoms in total. The lowest BCUT2D eigenvalue weighted by atomic mass is 9.75. The molecule has 0 amide bonds. The van der Waals surface area contributed by atoms with Crippen LogP contribution in [-0.4, -0.2) is 37.6 Å². The lowest BCUT2D eigenvalue weighted by molar-refractivity contribution is 0.222. The monoisotopic (exact) mass is 292 g/mol. The molecular weight excluding hydrogens is 263 g/mol. The van der Waals surface area contributed by atoms with E-state index < -0.39 is 0 Å². The normalized spacial score (nSPS) is 23.4. The molecule has 0 aromatic heterocycles. The highest BCUT2D eigenvalue weighted by atomic mass is 19.1. The Labute approximate surface area is 128 Å². The number of benzene rings is 1. The van der Waals surface area contributed by atoms with Crippen molar-refractivity contribution in [3.8, 4) is 0 Å². The molecule has 0 aliphatic heterocycles. The van der Waals surface area contributed by atoms with Crippen LogP contribution in [0.15, 0.2) is 24.3 Å². The first-order valence-electron chi connectivity index (χ1n) is 8.10. The van der Waals surface area contributed by atoms with Gasteiger partial charge in [-0.05, 0) is 62.9 Å². The number of halogens is 1. The summed E-state index contributed by atoms with van der Waals surface area (Å²) in [5.41, 5.74) is 1.15. The second-order valence-corrected chi connectivity index (χ2v) is 7.18. The molecule has 0 radical (unpaired) electrons. The Balaban J connectivity index is 1.82. The molecule has 0 heterocycles. The van der Waals surface area contributed by atoms with Crippen LogP contribution in [0.5, 0.6) is 0 Å². The van der Waals surface area contributed by atoms with E-state index >= 15 is 0 Å². The summed E-state index contributed by atoms with van der Waals surface area (Å²) in [5, 5.41) is 3.80. The van der Waals surface area contributed by atoms with Crippen LogP contribution in [0, 0.1) is 11.7 Å². The lowest BCUT2D eigenvalue weighted by Crippen LogP contribution is -2.49. The van der Waals surface area contributed by atoms with Gasteiger partial charge in [0.1, 0.15) is 5.82 Å². The molecule has 1 unspecified atom stereocenters. The van der Waals surface area contributed by atoms with Crippen LogP contribution in [0.1, 0.15) is 44.6 Å². The van der Waals surface area contributed by atoms with Gasteiger partial charge in [0, 0.05) is 18.6 Å². The van der Waals surface area contributed by atoms with Crippen molar-refractivity contribution in [1.82, 2.24) is 10.2 Å². The van der Waals surface area contributed by atoms with E-state index in [-0.39, 0.29) is 5.82 Å². The first kappa shape index (κ1) is 16.4. The van der Waals surface area contributed by atoms with E-state index in [1.54, 1.807) is 6.07 Å². The maximum absolute atomic E-state index is 13.3. The average Bonchev–Trinajstić information content (AvgIpc) is 2.31. The van der Waals surface area contributed by atoms with E-state index in [1.165, 1.54) is 12.5 Å². The molecule has 21 heavy (non-hydrogen) atoms. The predicted octanol–water partition coefficient (Wildman–Crippen LogP) is 3.64. The summed E-state index contributed by atoms with van der Waals surface area (Å²) in [7, 11) is 4.26. The standard InChI is InChI=1S/C18H29FN2/c1-13(2)8-18(12-21(3)4)20-17-10-15(11-17)14-6-5-7-16(19)9-14/h5-7,9,13,15,17-18,20H,8,10-12H2,1-4H3. The summed E-state index contributed by atoms with van der Waals surface area (Å²) in [6.45, 7) is 5.64. The topological polar surface area (TPSA) is 15.3 Å². The number of likely N-dealkylation sites (N-methyl/N-ethyl adjacent to an activating group) is 1. The Hall–Kier alpha value is -0.930. The molecule has 0 spiro atoms. The molecule has 1 fully saturated rings. The second-order valence-electron chi connectivity index (χ2n) is 7.18. The van der Waals surface area contributed by atoms with Gasteiger partial charge in [0.05, 0.1) is 0 Å². The van der Waals surface area contributed by atoms with Gasteiger partial charge in [-0.1, -0.05) is 26.0 Å². The quantitative estimate of drug-likeness (QED) is 0.825. The molecule has 1 aromatic rings. The van der Waals surface area contributed by atoms with Gasteiger partial charge in [-0.25, -0.2) is 4.39 Å². The van der Waals surface area contributed by atoms with E-state index in [4.69, 9.17) is 0 Å². The molecule has 2 rings (SSSR count). The minimum atomic E-state index is -0.116. The largest absolute Gasteiger partial charge is 0.310 e. The van der Waals surface area contributed by atoms with Gasteiger partial charge in [0.25, 0.3) is 0 Å². The summed E-state index contributed by atoms with van der Waals surface area (Å²) in [5.74, 6) is 1.12. The Kier molecular flexibility index (Phi) is 5.77. The van der Waals surface area contributed by atoms with Gasteiger partial charge in [0.15, 0.2) is 0 Å². The molecule has 1 saturated carbocycles. The van der Waals surface area contributed by atoms with Crippen LogP contribution in [0.2, 0.25) is 0 Å². The Morgan fingerprint density at radius 3 is 2.57 bits per heavy atom. The van der Waals surface area contributed by atoms with Gasteiger partial charge in [0.2, 0.25) is 0 Å². The summed E-state index contributed by atoms with van der Waals surface area (Å²) in [6.07, 6.45) is 3.47. The van der Waals surface area contributed by atoms with Crippen LogP contribution in [0.25, 0.3) is 0 Å². The van der Waals surface area contributed by atoms with E-state index in [1.807, 2.05) is 6.07 Å². The highest BCUT2D eigenvalue weighted by molar-refractivity contribution is 5.23. The summed E-state index contributed by atoms with van der Waals surface area (Å²) >= 11 is 0. The lowest BCUT2D eigenvalue weighted by Gasteiger charge is -2.39. The number of rotatable bonds is 7. The van der Waals surface area contributed by atoms with Gasteiger partial charge in [-0.2, -0.15) is 0 Å². The third-order valence-corrected chi connectivity index (χ3v) is 4.27. The summed E-state index contributed by atoms with van der Waals surface area (Å²) in [6, 6.07) is 8.22. The van der Waals surface area contributed by atoms with Crippen molar-refractivity contribution in [2.75, 3.05) is 20.6 Å². The van der Waals surface area contributed by atoms with Crippen molar-refractivity contribution >= 4 is 0 Å². The van der Waals surface area contributed by atoms with Crippen molar-refractivity contribution in [2.45, 2.75) is 51.1 Å². The number of nitrogens with one attached hydrogen (secondary N) is 1. The van der Waals surface area contributed by atoms with Gasteiger partial charge < -0.3 is 10.2 Å². The highest BCUT2D eigenvalue weighted by Gasteiger charge is 2.31. The Bertz CT molecular complexity index is 429. The van der Waals surface area contributed by atoms with Gasteiger partial charge >= 0.3 is 0 Å². The highest BCUT2D eigenvalue weighted by Crippen LogP contribution is 2.37. The molecule has 1 aliphatic carbocycles. The number of nitrogens with zero attached hydrogens (tertiary/aromatic N) is 1.